The Labute approximate surface area is 258 Å². The van der Waals surface area contributed by atoms with Crippen LogP contribution in [0.4, 0.5) is 5.69 Å². The molecule has 232 valence electrons. The van der Waals surface area contributed by atoms with Gasteiger partial charge in [-0.3, -0.25) is 13.9 Å². The lowest BCUT2D eigenvalue weighted by atomic mass is 10.1. The van der Waals surface area contributed by atoms with Crippen molar-refractivity contribution in [2.75, 3.05) is 38.2 Å². The molecule has 0 saturated carbocycles. The van der Waals surface area contributed by atoms with Gasteiger partial charge in [0.25, 0.3) is 10.0 Å². The number of hydrogen-bond donors (Lipinski definition) is 1. The van der Waals surface area contributed by atoms with Gasteiger partial charge >= 0.3 is 0 Å². The van der Waals surface area contributed by atoms with Gasteiger partial charge < -0.3 is 24.4 Å². The summed E-state index contributed by atoms with van der Waals surface area (Å²) < 4.78 is 45.5. The highest BCUT2D eigenvalue weighted by atomic mass is 35.5. The van der Waals surface area contributed by atoms with E-state index in [0.29, 0.717) is 36.1 Å². The summed E-state index contributed by atoms with van der Waals surface area (Å²) in [4.78, 5) is 28.5. The topological polar surface area (TPSA) is 114 Å². The van der Waals surface area contributed by atoms with E-state index in [2.05, 4.69) is 5.32 Å². The van der Waals surface area contributed by atoms with Crippen LogP contribution in [0.3, 0.4) is 0 Å². The fourth-order valence-corrected chi connectivity index (χ4v) is 6.06. The van der Waals surface area contributed by atoms with Gasteiger partial charge in [-0.25, -0.2) is 8.42 Å². The third kappa shape index (κ3) is 8.32. The van der Waals surface area contributed by atoms with Crippen molar-refractivity contribution in [3.8, 4) is 17.2 Å². The lowest BCUT2D eigenvalue weighted by Gasteiger charge is -2.33. The van der Waals surface area contributed by atoms with Crippen molar-refractivity contribution in [1.29, 1.82) is 0 Å². The third-order valence-corrected chi connectivity index (χ3v) is 8.68. The minimum Gasteiger partial charge on any atom is -0.494 e. The summed E-state index contributed by atoms with van der Waals surface area (Å²) in [6, 6.07) is 16.7. The Kier molecular flexibility index (Phi) is 12.1. The van der Waals surface area contributed by atoms with Crippen molar-refractivity contribution in [2.45, 2.75) is 44.7 Å². The molecular formula is C31H38ClN3O7S. The molecule has 0 aliphatic carbocycles. The monoisotopic (exact) mass is 631 g/mol. The summed E-state index contributed by atoms with van der Waals surface area (Å²) in [5, 5.41) is 3.31. The van der Waals surface area contributed by atoms with Crippen LogP contribution in [0.25, 0.3) is 0 Å². The van der Waals surface area contributed by atoms with E-state index in [0.717, 1.165) is 9.87 Å². The van der Waals surface area contributed by atoms with Gasteiger partial charge in [0, 0.05) is 24.2 Å². The van der Waals surface area contributed by atoms with Crippen molar-refractivity contribution in [1.82, 2.24) is 10.2 Å². The molecule has 0 fully saturated rings. The molecule has 3 aromatic carbocycles. The number of nitrogens with zero attached hydrogens (tertiary/aromatic N) is 2. The maximum atomic E-state index is 14.2. The average Bonchev–Trinajstić information content (AvgIpc) is 3.01. The molecule has 43 heavy (non-hydrogen) atoms. The SMILES string of the molecule is CCNC(=O)[C@@H](CC)N(Cc1ccc(Cl)cc1)C(=O)CN(c1ccc(OCC)cc1)S(=O)(=O)c1ccc(OC)c(OC)c1. The number of anilines is 1. The number of benzene rings is 3. The van der Waals surface area contributed by atoms with E-state index in [1.54, 1.807) is 62.4 Å². The number of carbonyl (C=O) groups is 2. The molecule has 12 heteroatoms. The fraction of sp³-hybridized carbons (Fsp3) is 0.355. The van der Waals surface area contributed by atoms with Crippen LogP contribution < -0.4 is 23.8 Å². The quantitative estimate of drug-likeness (QED) is 0.254. The smallest absolute Gasteiger partial charge is 0.264 e. The number of nitrogens with one attached hydrogen (secondary N) is 1. The highest BCUT2D eigenvalue weighted by molar-refractivity contribution is 7.92. The molecule has 3 aromatic rings. The predicted octanol–water partition coefficient (Wildman–Crippen LogP) is 4.89. The predicted molar refractivity (Wildman–Crippen MR) is 166 cm³/mol. The van der Waals surface area contributed by atoms with Crippen LogP contribution in [-0.2, 0) is 26.2 Å². The first-order valence-corrected chi connectivity index (χ1v) is 15.7. The summed E-state index contributed by atoms with van der Waals surface area (Å²) in [5.41, 5.74) is 0.972. The first kappa shape index (κ1) is 33.5. The van der Waals surface area contributed by atoms with Gasteiger partial charge in [0.1, 0.15) is 18.3 Å². The van der Waals surface area contributed by atoms with E-state index < -0.39 is 28.5 Å². The van der Waals surface area contributed by atoms with Gasteiger partial charge in [-0.05, 0) is 74.4 Å². The Morgan fingerprint density at radius 3 is 2.12 bits per heavy atom. The van der Waals surface area contributed by atoms with E-state index in [4.69, 9.17) is 25.8 Å². The van der Waals surface area contributed by atoms with Crippen LogP contribution >= 0.6 is 11.6 Å². The summed E-state index contributed by atoms with van der Waals surface area (Å²) in [6.07, 6.45) is 0.316. The largest absolute Gasteiger partial charge is 0.494 e. The van der Waals surface area contributed by atoms with Gasteiger partial charge in [-0.2, -0.15) is 0 Å². The molecule has 0 heterocycles. The molecule has 0 aliphatic heterocycles. The van der Waals surface area contributed by atoms with E-state index in [1.165, 1.54) is 37.3 Å². The summed E-state index contributed by atoms with van der Waals surface area (Å²) >= 11 is 6.07. The van der Waals surface area contributed by atoms with Crippen LogP contribution in [0, 0.1) is 0 Å². The normalized spacial score (nSPS) is 11.8. The zero-order valence-electron chi connectivity index (χ0n) is 25.0. The van der Waals surface area contributed by atoms with Crippen LogP contribution in [0.5, 0.6) is 17.2 Å². The van der Waals surface area contributed by atoms with Crippen molar-refractivity contribution < 1.29 is 32.2 Å². The maximum absolute atomic E-state index is 14.2. The lowest BCUT2D eigenvalue weighted by molar-refractivity contribution is -0.140. The third-order valence-electron chi connectivity index (χ3n) is 6.66. The fourth-order valence-electron chi connectivity index (χ4n) is 4.51. The van der Waals surface area contributed by atoms with Gasteiger partial charge in [0.05, 0.1) is 31.4 Å². The van der Waals surface area contributed by atoms with E-state index in [1.807, 2.05) is 6.92 Å². The average molecular weight is 632 g/mol. The summed E-state index contributed by atoms with van der Waals surface area (Å²) in [6.45, 7) is 5.74. The molecule has 2 amide bonds. The number of amides is 2. The molecule has 0 aromatic heterocycles. The van der Waals surface area contributed by atoms with E-state index in [-0.39, 0.29) is 28.8 Å². The van der Waals surface area contributed by atoms with E-state index in [9.17, 15) is 18.0 Å². The number of methoxy groups -OCH3 is 2. The number of hydrogen-bond acceptors (Lipinski definition) is 7. The highest BCUT2D eigenvalue weighted by Crippen LogP contribution is 2.33. The van der Waals surface area contributed by atoms with Gasteiger partial charge in [0.2, 0.25) is 11.8 Å². The molecule has 1 atom stereocenters. The summed E-state index contributed by atoms with van der Waals surface area (Å²) in [5.74, 6) is 0.224. The number of ether oxygens (including phenoxy) is 3. The Morgan fingerprint density at radius 1 is 0.907 bits per heavy atom. The molecule has 1 N–H and O–H groups in total. The van der Waals surface area contributed by atoms with Crippen molar-refractivity contribution in [2.24, 2.45) is 0 Å². The van der Waals surface area contributed by atoms with Crippen LogP contribution in [-0.4, -0.2) is 65.1 Å². The van der Waals surface area contributed by atoms with E-state index >= 15 is 0 Å². The molecule has 0 saturated heterocycles. The van der Waals surface area contributed by atoms with Crippen LogP contribution in [0.2, 0.25) is 5.02 Å². The number of sulfonamides is 1. The minimum atomic E-state index is -4.32. The number of carbonyl (C=O) groups excluding carboxylic acids is 2. The standard InChI is InChI=1S/C31H38ClN3O7S/c1-6-27(31(37)33-7-2)34(20-22-9-11-23(32)12-10-22)30(36)21-35(24-13-15-25(16-14-24)42-8-3)43(38,39)26-17-18-28(40-4)29(19-26)41-5/h9-19,27H,6-8,20-21H2,1-5H3,(H,33,37)/t27-/m1/s1. The van der Waals surface area contributed by atoms with Gasteiger partial charge in [-0.15, -0.1) is 0 Å². The second-order valence-corrected chi connectivity index (χ2v) is 11.7. The van der Waals surface area contributed by atoms with Crippen molar-refractivity contribution in [3.63, 3.8) is 0 Å². The van der Waals surface area contributed by atoms with Gasteiger partial charge in [0.15, 0.2) is 11.5 Å². The number of halogens is 1. The Morgan fingerprint density at radius 2 is 1.56 bits per heavy atom. The molecule has 0 aliphatic rings. The maximum Gasteiger partial charge on any atom is 0.264 e. The first-order valence-electron chi connectivity index (χ1n) is 13.9. The zero-order chi connectivity index (χ0) is 31.6. The van der Waals surface area contributed by atoms with Crippen molar-refractivity contribution >= 4 is 39.1 Å². The minimum absolute atomic E-state index is 0.0686. The molecule has 0 bridgehead atoms. The Balaban J connectivity index is 2.10. The number of rotatable bonds is 15. The number of likely N-dealkylation sites (N-methyl/N-ethyl adjacent to an activating group) is 1. The molecule has 0 unspecified atom stereocenters. The van der Waals surface area contributed by atoms with Crippen LogP contribution in [0.15, 0.2) is 71.6 Å². The highest BCUT2D eigenvalue weighted by Gasteiger charge is 2.34. The van der Waals surface area contributed by atoms with Crippen molar-refractivity contribution in [3.05, 3.63) is 77.3 Å². The summed E-state index contributed by atoms with van der Waals surface area (Å²) in [7, 11) is -1.46. The molecule has 0 spiro atoms. The van der Waals surface area contributed by atoms with Crippen LogP contribution in [0.1, 0.15) is 32.8 Å². The molecular weight excluding hydrogens is 594 g/mol. The second kappa shape index (κ2) is 15.5. The molecule has 3 rings (SSSR count). The molecule has 10 nitrogen and oxygen atoms in total. The first-order chi connectivity index (χ1) is 20.6. The van der Waals surface area contributed by atoms with Gasteiger partial charge in [-0.1, -0.05) is 30.7 Å². The Bertz CT molecular complexity index is 1480. The zero-order valence-corrected chi connectivity index (χ0v) is 26.6. The second-order valence-electron chi connectivity index (χ2n) is 9.42. The Hall–Kier alpha value is -3.96. The lowest BCUT2D eigenvalue weighted by Crippen LogP contribution is -2.52. The molecule has 0 radical (unpaired) electrons.